The first-order chi connectivity index (χ1) is 11.3. The summed E-state index contributed by atoms with van der Waals surface area (Å²) in [5.74, 6) is 0.318. The summed E-state index contributed by atoms with van der Waals surface area (Å²) >= 11 is 7.57. The van der Waals surface area contributed by atoms with Crippen molar-refractivity contribution in [3.63, 3.8) is 0 Å². The molecule has 0 saturated carbocycles. The van der Waals surface area contributed by atoms with Gasteiger partial charge in [0.05, 0.1) is 10.4 Å². The Kier molecular flexibility index (Phi) is 4.51. The highest BCUT2D eigenvalue weighted by Crippen LogP contribution is 2.34. The lowest BCUT2D eigenvalue weighted by Crippen LogP contribution is -2.17. The first-order valence-electron chi connectivity index (χ1n) is 6.83. The molecule has 126 valence electrons. The summed E-state index contributed by atoms with van der Waals surface area (Å²) < 4.78 is 40.4. The van der Waals surface area contributed by atoms with E-state index in [0.29, 0.717) is 10.8 Å². The number of alkyl halides is 3. The van der Waals surface area contributed by atoms with Crippen LogP contribution in [0.1, 0.15) is 18.5 Å². The van der Waals surface area contributed by atoms with Crippen LogP contribution in [0, 0.1) is 0 Å². The largest absolute Gasteiger partial charge is 0.573 e. The number of nitrogens with zero attached hydrogens (tertiary/aromatic N) is 2. The third-order valence-corrected chi connectivity index (χ3v) is 4.61. The number of aromatic nitrogens is 2. The van der Waals surface area contributed by atoms with Crippen LogP contribution < -0.4 is 10.1 Å². The Balaban J connectivity index is 1.79. The Morgan fingerprint density at radius 2 is 1.92 bits per heavy atom. The van der Waals surface area contributed by atoms with Gasteiger partial charge in [0.15, 0.2) is 0 Å². The number of halogens is 4. The fourth-order valence-electron chi connectivity index (χ4n) is 2.20. The molecule has 0 saturated heterocycles. The molecule has 4 nitrogen and oxygen atoms in total. The molecule has 1 aromatic carbocycles. The van der Waals surface area contributed by atoms with Crippen LogP contribution in [0.15, 0.2) is 36.0 Å². The number of fused-ring (bicyclic) bond motifs is 1. The van der Waals surface area contributed by atoms with Crippen LogP contribution >= 0.6 is 22.9 Å². The average molecular weight is 374 g/mol. The third kappa shape index (κ3) is 3.70. The monoisotopic (exact) mass is 373 g/mol. The van der Waals surface area contributed by atoms with Gasteiger partial charge in [-0.3, -0.25) is 0 Å². The summed E-state index contributed by atoms with van der Waals surface area (Å²) in [5.41, 5.74) is 0.780. The van der Waals surface area contributed by atoms with E-state index in [-0.39, 0.29) is 11.8 Å². The number of benzene rings is 1. The number of rotatable bonds is 4. The molecule has 3 aromatic rings. The van der Waals surface area contributed by atoms with E-state index in [1.165, 1.54) is 29.8 Å². The lowest BCUT2D eigenvalue weighted by atomic mass is 10.1. The normalized spacial score (nSPS) is 13.0. The number of hydrogen-bond donors (Lipinski definition) is 1. The van der Waals surface area contributed by atoms with Crippen molar-refractivity contribution in [2.75, 3.05) is 5.32 Å². The van der Waals surface area contributed by atoms with Crippen molar-refractivity contribution in [1.82, 2.24) is 9.97 Å². The van der Waals surface area contributed by atoms with Crippen molar-refractivity contribution in [2.45, 2.75) is 19.3 Å². The molecule has 1 N–H and O–H groups in total. The van der Waals surface area contributed by atoms with Crippen molar-refractivity contribution in [1.29, 1.82) is 0 Å². The molecule has 0 spiro atoms. The lowest BCUT2D eigenvalue weighted by Gasteiger charge is -2.16. The summed E-state index contributed by atoms with van der Waals surface area (Å²) in [6.45, 7) is 1.87. The molecule has 0 fully saturated rings. The van der Waals surface area contributed by atoms with Crippen LogP contribution in [0.25, 0.3) is 10.2 Å². The van der Waals surface area contributed by atoms with Crippen molar-refractivity contribution in [2.24, 2.45) is 0 Å². The molecule has 2 heterocycles. The van der Waals surface area contributed by atoms with Gasteiger partial charge in [0.2, 0.25) is 0 Å². The molecule has 0 aliphatic rings. The lowest BCUT2D eigenvalue weighted by molar-refractivity contribution is -0.274. The van der Waals surface area contributed by atoms with Crippen LogP contribution in [0.3, 0.4) is 0 Å². The molecule has 0 aliphatic heterocycles. The van der Waals surface area contributed by atoms with E-state index in [1.54, 1.807) is 17.5 Å². The molecular weight excluding hydrogens is 363 g/mol. The molecule has 24 heavy (non-hydrogen) atoms. The smallest absolute Gasteiger partial charge is 0.406 e. The van der Waals surface area contributed by atoms with E-state index < -0.39 is 6.36 Å². The van der Waals surface area contributed by atoms with E-state index in [1.807, 2.05) is 6.92 Å². The van der Waals surface area contributed by atoms with Gasteiger partial charge >= 0.3 is 6.36 Å². The zero-order valence-electron chi connectivity index (χ0n) is 12.3. The first-order valence-corrected chi connectivity index (χ1v) is 8.09. The number of anilines is 1. The zero-order chi connectivity index (χ0) is 17.3. The maximum Gasteiger partial charge on any atom is 0.573 e. The molecule has 0 radical (unpaired) electrons. The van der Waals surface area contributed by atoms with Crippen molar-refractivity contribution >= 4 is 39.0 Å². The van der Waals surface area contributed by atoms with Crippen LogP contribution in [-0.4, -0.2) is 16.3 Å². The summed E-state index contributed by atoms with van der Waals surface area (Å²) in [4.78, 5) is 9.11. The van der Waals surface area contributed by atoms with E-state index in [9.17, 15) is 13.2 Å². The van der Waals surface area contributed by atoms with Gasteiger partial charge in [-0.25, -0.2) is 9.97 Å². The second kappa shape index (κ2) is 6.45. The van der Waals surface area contributed by atoms with Gasteiger partial charge in [0.25, 0.3) is 0 Å². The minimum atomic E-state index is -4.70. The van der Waals surface area contributed by atoms with Crippen molar-refractivity contribution < 1.29 is 17.9 Å². The molecule has 2 aromatic heterocycles. The molecule has 1 unspecified atom stereocenters. The minimum absolute atomic E-state index is 0.195. The Labute approximate surface area is 144 Å². The highest BCUT2D eigenvalue weighted by Gasteiger charge is 2.31. The fourth-order valence-corrected chi connectivity index (χ4v) is 3.33. The van der Waals surface area contributed by atoms with Gasteiger partial charge in [-0.2, -0.15) is 0 Å². The molecule has 9 heteroatoms. The fraction of sp³-hybridized carbons (Fsp3) is 0.200. The molecule has 1 atom stereocenters. The van der Waals surface area contributed by atoms with Gasteiger partial charge < -0.3 is 10.1 Å². The number of nitrogens with one attached hydrogen (secondary N) is 1. The Morgan fingerprint density at radius 3 is 2.58 bits per heavy atom. The molecule has 0 bridgehead atoms. The molecule has 0 amide bonds. The van der Waals surface area contributed by atoms with Crippen LogP contribution in [0.5, 0.6) is 5.75 Å². The first kappa shape index (κ1) is 16.8. The molecule has 3 rings (SSSR count). The quantitative estimate of drug-likeness (QED) is 0.663. The minimum Gasteiger partial charge on any atom is -0.406 e. The standard InChI is InChI=1S/C15H11ClF3N3OS/c1-8(9-2-4-10(5-3-9)23-15(17,18)19)22-13-12-11(16)6-24-14(12)21-7-20-13/h2-8H,1H3,(H,20,21,22). The summed E-state index contributed by atoms with van der Waals surface area (Å²) in [6.07, 6.45) is -3.27. The van der Waals surface area contributed by atoms with Gasteiger partial charge in [-0.15, -0.1) is 24.5 Å². The topological polar surface area (TPSA) is 47.0 Å². The summed E-state index contributed by atoms with van der Waals surface area (Å²) in [6, 6.07) is 5.47. The van der Waals surface area contributed by atoms with Crippen molar-refractivity contribution in [3.8, 4) is 5.75 Å². The Morgan fingerprint density at radius 1 is 1.21 bits per heavy atom. The highest BCUT2D eigenvalue weighted by atomic mass is 35.5. The predicted octanol–water partition coefficient (Wildman–Crippen LogP) is 5.42. The molecular formula is C15H11ClF3N3OS. The van der Waals surface area contributed by atoms with E-state index in [2.05, 4.69) is 20.0 Å². The number of ether oxygens (including phenoxy) is 1. The zero-order valence-corrected chi connectivity index (χ0v) is 13.8. The number of hydrogen-bond acceptors (Lipinski definition) is 5. The van der Waals surface area contributed by atoms with Crippen LogP contribution in [0.4, 0.5) is 19.0 Å². The Bertz CT molecular complexity index is 851. The highest BCUT2D eigenvalue weighted by molar-refractivity contribution is 7.17. The average Bonchev–Trinajstić information content (AvgIpc) is 2.89. The summed E-state index contributed by atoms with van der Waals surface area (Å²) in [5, 5.41) is 6.27. The van der Waals surface area contributed by atoms with Gasteiger partial charge in [0, 0.05) is 11.4 Å². The number of thiophene rings is 1. The van der Waals surface area contributed by atoms with Gasteiger partial charge in [0.1, 0.15) is 22.7 Å². The maximum atomic E-state index is 12.2. The maximum absolute atomic E-state index is 12.2. The second-order valence-electron chi connectivity index (χ2n) is 4.97. The van der Waals surface area contributed by atoms with Crippen LogP contribution in [-0.2, 0) is 0 Å². The summed E-state index contributed by atoms with van der Waals surface area (Å²) in [7, 11) is 0. The SMILES string of the molecule is CC(Nc1ncnc2scc(Cl)c12)c1ccc(OC(F)(F)F)cc1. The second-order valence-corrected chi connectivity index (χ2v) is 6.23. The van der Waals surface area contributed by atoms with Crippen molar-refractivity contribution in [3.05, 3.63) is 46.6 Å². The Hall–Kier alpha value is -2.06. The molecule has 0 aliphatic carbocycles. The predicted molar refractivity (Wildman–Crippen MR) is 87.6 cm³/mol. The van der Waals surface area contributed by atoms with E-state index in [0.717, 1.165) is 15.8 Å². The van der Waals surface area contributed by atoms with Gasteiger partial charge in [-0.05, 0) is 24.6 Å². The van der Waals surface area contributed by atoms with Crippen LogP contribution in [0.2, 0.25) is 5.02 Å². The van der Waals surface area contributed by atoms with Gasteiger partial charge in [-0.1, -0.05) is 23.7 Å². The van der Waals surface area contributed by atoms with E-state index in [4.69, 9.17) is 11.6 Å². The van der Waals surface area contributed by atoms with E-state index >= 15 is 0 Å². The third-order valence-electron chi connectivity index (χ3n) is 3.29.